The zero-order valence-corrected chi connectivity index (χ0v) is 27.9. The fourth-order valence-corrected chi connectivity index (χ4v) is 9.93. The Balaban J connectivity index is 1.43. The van der Waals surface area contributed by atoms with Gasteiger partial charge in [0, 0.05) is 43.4 Å². The van der Waals surface area contributed by atoms with E-state index in [4.69, 9.17) is 9.47 Å². The predicted molar refractivity (Wildman–Crippen MR) is 180 cm³/mol. The molecule has 7 nitrogen and oxygen atoms in total. The maximum Gasteiger partial charge on any atom is 0.285 e. The van der Waals surface area contributed by atoms with Crippen molar-refractivity contribution in [3.05, 3.63) is 70.8 Å². The van der Waals surface area contributed by atoms with Crippen molar-refractivity contribution in [2.75, 3.05) is 43.2 Å². The molecule has 2 heterocycles. The first kappa shape index (κ1) is 32.0. The molecule has 0 unspecified atom stereocenters. The molecular formula is C37H48N2O5S. The van der Waals surface area contributed by atoms with E-state index in [-0.39, 0.29) is 28.8 Å². The number of Topliss-reactive ketones (excluding diaryl/α,β-unsaturated/α-hetero) is 1. The Bertz CT molecular complexity index is 1590. The van der Waals surface area contributed by atoms with E-state index in [9.17, 15) is 13.8 Å². The molecule has 0 radical (unpaired) electrons. The fraction of sp³-hybridized carbons (Fsp3) is 0.568. The van der Waals surface area contributed by atoms with Crippen molar-refractivity contribution in [3.63, 3.8) is 0 Å². The van der Waals surface area contributed by atoms with E-state index in [1.165, 1.54) is 16.7 Å². The first-order valence-electron chi connectivity index (χ1n) is 16.8. The van der Waals surface area contributed by atoms with Crippen LogP contribution in [0.3, 0.4) is 0 Å². The lowest BCUT2D eigenvalue weighted by Crippen LogP contribution is -2.49. The smallest absolute Gasteiger partial charge is 0.285 e. The second-order valence-corrected chi connectivity index (χ2v) is 16.1. The number of amides is 1. The molecule has 1 amide bonds. The molecule has 2 aromatic rings. The number of ether oxygens (including phenoxy) is 2. The van der Waals surface area contributed by atoms with Gasteiger partial charge in [-0.05, 0) is 99.5 Å². The third-order valence-electron chi connectivity index (χ3n) is 10.4. The van der Waals surface area contributed by atoms with Crippen LogP contribution in [0.2, 0.25) is 0 Å². The Morgan fingerprint density at radius 1 is 1.18 bits per heavy atom. The first-order chi connectivity index (χ1) is 21.7. The molecule has 4 aliphatic rings. The average molecular weight is 633 g/mol. The Labute approximate surface area is 268 Å². The molecule has 2 aliphatic heterocycles. The number of benzene rings is 2. The number of anilines is 1. The van der Waals surface area contributed by atoms with E-state index in [1.54, 1.807) is 13.2 Å². The summed E-state index contributed by atoms with van der Waals surface area (Å²) in [6.45, 7) is 6.30. The fourth-order valence-electron chi connectivity index (χ4n) is 7.95. The van der Waals surface area contributed by atoms with Gasteiger partial charge in [0.15, 0.2) is 0 Å². The molecule has 8 heteroatoms. The van der Waals surface area contributed by atoms with Gasteiger partial charge in [0.1, 0.15) is 11.5 Å². The number of methoxy groups -OCH3 is 1. The van der Waals surface area contributed by atoms with Gasteiger partial charge < -0.3 is 14.4 Å². The average Bonchev–Trinajstić information content (AvgIpc) is 3.14. The minimum Gasteiger partial charge on any atom is -0.490 e. The van der Waals surface area contributed by atoms with Crippen LogP contribution < -0.4 is 9.64 Å². The molecule has 1 spiro atoms. The largest absolute Gasteiger partial charge is 0.490 e. The highest BCUT2D eigenvalue weighted by Crippen LogP contribution is 2.46. The minimum absolute atomic E-state index is 0.0137. The summed E-state index contributed by atoms with van der Waals surface area (Å²) in [6, 6.07) is 12.4. The number of hydrogen-bond donors (Lipinski definition) is 0. The lowest BCUT2D eigenvalue weighted by molar-refractivity contribution is -0.116. The molecule has 2 aliphatic carbocycles. The monoisotopic (exact) mass is 632 g/mol. The quantitative estimate of drug-likeness (QED) is 0.336. The third kappa shape index (κ3) is 6.78. The molecular weight excluding hydrogens is 584 g/mol. The Kier molecular flexibility index (Phi) is 9.53. The molecule has 2 bridgehead atoms. The highest BCUT2D eigenvalue weighted by molar-refractivity contribution is 7.94. The van der Waals surface area contributed by atoms with Crippen LogP contribution in [0.15, 0.2) is 52.9 Å². The SMILES string of the molecule is CCCC(=O)C[S@]1(=O)=NC(=O)c2ccc3c(c2)N(C[C@@H]2CC[C@H]2[C@@H](OC)/C=C/CCC1)C[C@@]1(CCCc2cc(C)ccc21)CO3. The van der Waals surface area contributed by atoms with Crippen molar-refractivity contribution < 1.29 is 23.3 Å². The Hall–Kier alpha value is -2.97. The molecule has 0 N–H and O–H groups in total. The highest BCUT2D eigenvalue weighted by Gasteiger charge is 2.44. The number of carbonyl (C=O) groups excluding carboxylic acids is 2. The van der Waals surface area contributed by atoms with Crippen molar-refractivity contribution in [2.24, 2.45) is 16.2 Å². The van der Waals surface area contributed by atoms with Crippen LogP contribution in [-0.4, -0.2) is 60.3 Å². The zero-order valence-electron chi connectivity index (χ0n) is 27.1. The third-order valence-corrected chi connectivity index (χ3v) is 12.6. The van der Waals surface area contributed by atoms with Gasteiger partial charge in [-0.15, -0.1) is 0 Å². The first-order valence-corrected chi connectivity index (χ1v) is 18.7. The van der Waals surface area contributed by atoms with Gasteiger partial charge in [-0.2, -0.15) is 4.36 Å². The summed E-state index contributed by atoms with van der Waals surface area (Å²) in [5, 5.41) is 0. The van der Waals surface area contributed by atoms with Crippen LogP contribution in [0.1, 0.15) is 85.3 Å². The summed E-state index contributed by atoms with van der Waals surface area (Å²) in [5.74, 6) is 1.03. The minimum atomic E-state index is -3.05. The molecule has 2 aromatic carbocycles. The lowest BCUT2D eigenvalue weighted by atomic mass is 9.68. The van der Waals surface area contributed by atoms with Crippen molar-refractivity contribution in [1.82, 2.24) is 0 Å². The molecule has 45 heavy (non-hydrogen) atoms. The number of ketones is 1. The van der Waals surface area contributed by atoms with Crippen molar-refractivity contribution in [1.29, 1.82) is 0 Å². The molecule has 5 atom stereocenters. The van der Waals surface area contributed by atoms with E-state index in [0.717, 1.165) is 56.6 Å². The maximum absolute atomic E-state index is 14.0. The number of aryl methyl sites for hydroxylation is 2. The summed E-state index contributed by atoms with van der Waals surface area (Å²) >= 11 is 0. The molecule has 6 rings (SSSR count). The zero-order chi connectivity index (χ0) is 31.6. The molecule has 1 fully saturated rings. The number of rotatable bonds is 5. The van der Waals surface area contributed by atoms with Gasteiger partial charge in [0.25, 0.3) is 5.91 Å². The molecule has 0 saturated heterocycles. The highest BCUT2D eigenvalue weighted by atomic mass is 32.2. The summed E-state index contributed by atoms with van der Waals surface area (Å²) in [7, 11) is -1.26. The number of nitrogens with zero attached hydrogens (tertiary/aromatic N) is 2. The number of hydrogen-bond acceptors (Lipinski definition) is 6. The summed E-state index contributed by atoms with van der Waals surface area (Å²) < 4.78 is 31.0. The lowest BCUT2D eigenvalue weighted by Gasteiger charge is -2.46. The summed E-state index contributed by atoms with van der Waals surface area (Å²) in [5.41, 5.74) is 5.19. The second kappa shape index (κ2) is 13.4. The molecule has 0 aromatic heterocycles. The van der Waals surface area contributed by atoms with E-state index in [0.29, 0.717) is 49.7 Å². The second-order valence-electron chi connectivity index (χ2n) is 13.7. The van der Waals surface area contributed by atoms with Crippen molar-refractivity contribution >= 4 is 27.1 Å². The van der Waals surface area contributed by atoms with Crippen LogP contribution in [0, 0.1) is 18.8 Å². The van der Waals surface area contributed by atoms with Gasteiger partial charge in [-0.25, -0.2) is 4.21 Å². The van der Waals surface area contributed by atoms with E-state index in [2.05, 4.69) is 46.5 Å². The van der Waals surface area contributed by atoms with Crippen molar-refractivity contribution in [3.8, 4) is 5.75 Å². The van der Waals surface area contributed by atoms with Crippen LogP contribution in [0.5, 0.6) is 5.75 Å². The standard InChI is InChI=1S/C37H48N2O5S/c1-4-9-30(40)23-45(42)19-7-5-6-11-34(43-3)31-15-13-29(31)22-39-24-37(18-8-10-27-20-26(2)12-16-32(27)37)25-44-35-17-14-28(21-33(35)39)36(41)38-45/h6,11-12,14,16-17,20-21,29,31,34H,4-5,7-10,13,15,18-19,22-25H2,1-3H3/b11-6+/t29-,31+,34-,37-,45-/m0/s1. The van der Waals surface area contributed by atoms with E-state index < -0.39 is 15.6 Å². The van der Waals surface area contributed by atoms with Gasteiger partial charge in [-0.1, -0.05) is 42.8 Å². The van der Waals surface area contributed by atoms with Crippen LogP contribution in [0.25, 0.3) is 0 Å². The maximum atomic E-state index is 14.0. The van der Waals surface area contributed by atoms with Gasteiger partial charge in [-0.3, -0.25) is 9.59 Å². The number of allylic oxidation sites excluding steroid dienone is 1. The Morgan fingerprint density at radius 3 is 2.82 bits per heavy atom. The number of carbonyl (C=O) groups is 2. The van der Waals surface area contributed by atoms with Crippen molar-refractivity contribution in [2.45, 2.75) is 83.2 Å². The van der Waals surface area contributed by atoms with Crippen LogP contribution in [0.4, 0.5) is 5.69 Å². The molecule has 242 valence electrons. The molecule has 1 saturated carbocycles. The van der Waals surface area contributed by atoms with Crippen LogP contribution in [-0.2, 0) is 31.1 Å². The number of fused-ring (bicyclic) bond motifs is 4. The van der Waals surface area contributed by atoms with E-state index >= 15 is 0 Å². The van der Waals surface area contributed by atoms with Gasteiger partial charge >= 0.3 is 0 Å². The summed E-state index contributed by atoms with van der Waals surface area (Å²) in [4.78, 5) is 28.8. The summed E-state index contributed by atoms with van der Waals surface area (Å²) in [6.07, 6.45) is 12.1. The Morgan fingerprint density at radius 2 is 2.04 bits per heavy atom. The van der Waals surface area contributed by atoms with Gasteiger partial charge in [0.05, 0.1) is 33.9 Å². The topological polar surface area (TPSA) is 85.3 Å². The van der Waals surface area contributed by atoms with Crippen LogP contribution >= 0.6 is 0 Å². The van der Waals surface area contributed by atoms with E-state index in [1.807, 2.05) is 19.1 Å². The predicted octanol–water partition coefficient (Wildman–Crippen LogP) is 6.84. The van der Waals surface area contributed by atoms with Gasteiger partial charge in [0.2, 0.25) is 0 Å². The normalized spacial score (nSPS) is 30.6.